The molecule has 1 aliphatic heterocycles. The van der Waals surface area contributed by atoms with Gasteiger partial charge >= 0.3 is 0 Å². The summed E-state index contributed by atoms with van der Waals surface area (Å²) in [5, 5.41) is 16.1. The van der Waals surface area contributed by atoms with Crippen LogP contribution in [-0.2, 0) is 4.79 Å². The lowest BCUT2D eigenvalue weighted by Crippen LogP contribution is -2.37. The van der Waals surface area contributed by atoms with Crippen LogP contribution in [0.3, 0.4) is 0 Å². The molecule has 1 amide bonds. The first-order valence-corrected chi connectivity index (χ1v) is 6.29. The predicted molar refractivity (Wildman–Crippen MR) is 65.9 cm³/mol. The first-order chi connectivity index (χ1) is 8.58. The van der Waals surface area contributed by atoms with Crippen molar-refractivity contribution < 1.29 is 14.1 Å². The molecule has 96 valence electrons. The van der Waals surface area contributed by atoms with E-state index in [1.807, 2.05) is 0 Å². The lowest BCUT2D eigenvalue weighted by molar-refractivity contribution is -0.384. The molecule has 1 heterocycles. The minimum atomic E-state index is -0.661. The van der Waals surface area contributed by atoms with Crippen molar-refractivity contribution in [3.05, 3.63) is 34.1 Å². The second-order valence-corrected chi connectivity index (χ2v) is 4.71. The Hall–Kier alpha value is -1.67. The number of anilines is 1. The Morgan fingerprint density at radius 3 is 3.00 bits per heavy atom. The standard InChI is InChI=1S/C10H10FN3O3S/c11-6-1-2-9(14(16)17)7(3-6)13-10(15)8-4-18-5-12-8/h1-3,8,12H,4-5H2,(H,13,15). The summed E-state index contributed by atoms with van der Waals surface area (Å²) in [4.78, 5) is 21.9. The molecule has 1 fully saturated rings. The largest absolute Gasteiger partial charge is 0.319 e. The van der Waals surface area contributed by atoms with Crippen molar-refractivity contribution in [3.63, 3.8) is 0 Å². The quantitative estimate of drug-likeness (QED) is 0.640. The van der Waals surface area contributed by atoms with Gasteiger partial charge in [-0.15, -0.1) is 11.8 Å². The van der Waals surface area contributed by atoms with E-state index < -0.39 is 22.7 Å². The molecule has 0 aromatic heterocycles. The summed E-state index contributed by atoms with van der Waals surface area (Å²) in [5.74, 6) is 0.219. The van der Waals surface area contributed by atoms with Crippen LogP contribution in [0.15, 0.2) is 18.2 Å². The third kappa shape index (κ3) is 2.77. The number of benzene rings is 1. The molecule has 1 aromatic rings. The number of carbonyl (C=O) groups excluding carboxylic acids is 1. The number of nitro groups is 1. The molecule has 2 rings (SSSR count). The van der Waals surface area contributed by atoms with Crippen molar-refractivity contribution in [2.24, 2.45) is 0 Å². The van der Waals surface area contributed by atoms with E-state index in [-0.39, 0.29) is 11.4 Å². The maximum absolute atomic E-state index is 13.0. The van der Waals surface area contributed by atoms with Crippen molar-refractivity contribution in [1.82, 2.24) is 5.32 Å². The highest BCUT2D eigenvalue weighted by atomic mass is 32.2. The fourth-order valence-electron chi connectivity index (χ4n) is 1.55. The Labute approximate surface area is 106 Å². The summed E-state index contributed by atoms with van der Waals surface area (Å²) in [6.45, 7) is 0. The van der Waals surface area contributed by atoms with E-state index in [1.165, 1.54) is 0 Å². The SMILES string of the molecule is O=C(Nc1cc(F)ccc1[N+](=O)[O-])C1CSCN1. The highest BCUT2D eigenvalue weighted by Crippen LogP contribution is 2.25. The van der Waals surface area contributed by atoms with Crippen LogP contribution < -0.4 is 10.6 Å². The number of nitro benzene ring substituents is 1. The maximum Gasteiger partial charge on any atom is 0.292 e. The topological polar surface area (TPSA) is 84.3 Å². The van der Waals surface area contributed by atoms with E-state index in [0.29, 0.717) is 11.6 Å². The number of amides is 1. The first kappa shape index (κ1) is 12.8. The molecule has 18 heavy (non-hydrogen) atoms. The highest BCUT2D eigenvalue weighted by Gasteiger charge is 2.25. The predicted octanol–water partition coefficient (Wildman–Crippen LogP) is 1.33. The highest BCUT2D eigenvalue weighted by molar-refractivity contribution is 7.99. The average Bonchev–Trinajstić information content (AvgIpc) is 2.81. The maximum atomic E-state index is 13.0. The second-order valence-electron chi connectivity index (χ2n) is 3.68. The van der Waals surface area contributed by atoms with Gasteiger partial charge in [-0.3, -0.25) is 20.2 Å². The van der Waals surface area contributed by atoms with Crippen LogP contribution in [0.5, 0.6) is 0 Å². The molecule has 6 nitrogen and oxygen atoms in total. The minimum Gasteiger partial charge on any atom is -0.319 e. The van der Waals surface area contributed by atoms with E-state index in [9.17, 15) is 19.3 Å². The summed E-state index contributed by atoms with van der Waals surface area (Å²) in [5.41, 5.74) is -0.445. The van der Waals surface area contributed by atoms with Crippen molar-refractivity contribution in [1.29, 1.82) is 0 Å². The van der Waals surface area contributed by atoms with E-state index in [2.05, 4.69) is 10.6 Å². The van der Waals surface area contributed by atoms with Gasteiger partial charge in [0, 0.05) is 23.8 Å². The average molecular weight is 271 g/mol. The van der Waals surface area contributed by atoms with Crippen LogP contribution in [-0.4, -0.2) is 28.5 Å². The Bertz CT molecular complexity index is 491. The van der Waals surface area contributed by atoms with Gasteiger partial charge in [0.05, 0.1) is 11.0 Å². The van der Waals surface area contributed by atoms with E-state index >= 15 is 0 Å². The second kappa shape index (κ2) is 5.32. The fourth-order valence-corrected chi connectivity index (χ4v) is 2.49. The van der Waals surface area contributed by atoms with Crippen molar-refractivity contribution >= 4 is 29.0 Å². The molecule has 0 radical (unpaired) electrons. The summed E-state index contributed by atoms with van der Waals surface area (Å²) in [6.07, 6.45) is 0. The lowest BCUT2D eigenvalue weighted by Gasteiger charge is -2.10. The van der Waals surface area contributed by atoms with Gasteiger partial charge in [-0.05, 0) is 6.07 Å². The van der Waals surface area contributed by atoms with Crippen LogP contribution in [0, 0.1) is 15.9 Å². The number of hydrogen-bond acceptors (Lipinski definition) is 5. The number of nitrogens with one attached hydrogen (secondary N) is 2. The van der Waals surface area contributed by atoms with Gasteiger partial charge in [-0.25, -0.2) is 4.39 Å². The fraction of sp³-hybridized carbons (Fsp3) is 0.300. The zero-order valence-electron chi connectivity index (χ0n) is 9.18. The van der Waals surface area contributed by atoms with Gasteiger partial charge in [0.15, 0.2) is 0 Å². The minimum absolute atomic E-state index is 0.122. The van der Waals surface area contributed by atoms with Gasteiger partial charge in [-0.1, -0.05) is 0 Å². The number of hydrogen-bond donors (Lipinski definition) is 2. The smallest absolute Gasteiger partial charge is 0.292 e. The molecule has 1 saturated heterocycles. The van der Waals surface area contributed by atoms with Crippen LogP contribution in [0.4, 0.5) is 15.8 Å². The number of halogens is 1. The molecular weight excluding hydrogens is 261 g/mol. The Balaban J connectivity index is 2.19. The van der Waals surface area contributed by atoms with Gasteiger partial charge in [0.2, 0.25) is 5.91 Å². The molecule has 1 aliphatic rings. The molecule has 1 atom stereocenters. The molecule has 1 unspecified atom stereocenters. The van der Waals surface area contributed by atoms with Gasteiger partial charge in [-0.2, -0.15) is 0 Å². The Morgan fingerprint density at radius 2 is 2.39 bits per heavy atom. The zero-order chi connectivity index (χ0) is 13.1. The molecule has 0 bridgehead atoms. The van der Waals surface area contributed by atoms with Gasteiger partial charge < -0.3 is 5.32 Å². The molecule has 8 heteroatoms. The summed E-state index contributed by atoms with van der Waals surface area (Å²) in [6, 6.07) is 2.55. The number of nitrogens with zero attached hydrogens (tertiary/aromatic N) is 1. The molecule has 1 aromatic carbocycles. The molecule has 0 spiro atoms. The normalized spacial score (nSPS) is 18.6. The van der Waals surface area contributed by atoms with Gasteiger partial charge in [0.1, 0.15) is 11.5 Å². The summed E-state index contributed by atoms with van der Waals surface area (Å²) >= 11 is 1.55. The zero-order valence-corrected chi connectivity index (χ0v) is 10.00. The molecule has 0 saturated carbocycles. The van der Waals surface area contributed by atoms with Crippen LogP contribution in [0.1, 0.15) is 0 Å². The number of rotatable bonds is 3. The summed E-state index contributed by atoms with van der Waals surface area (Å²) < 4.78 is 13.0. The Morgan fingerprint density at radius 1 is 1.61 bits per heavy atom. The van der Waals surface area contributed by atoms with Crippen LogP contribution >= 0.6 is 11.8 Å². The van der Waals surface area contributed by atoms with Gasteiger partial charge in [0.25, 0.3) is 5.69 Å². The van der Waals surface area contributed by atoms with E-state index in [0.717, 1.165) is 18.2 Å². The first-order valence-electron chi connectivity index (χ1n) is 5.14. The van der Waals surface area contributed by atoms with Crippen molar-refractivity contribution in [2.45, 2.75) is 6.04 Å². The van der Waals surface area contributed by atoms with E-state index in [1.54, 1.807) is 11.8 Å². The summed E-state index contributed by atoms with van der Waals surface area (Å²) in [7, 11) is 0. The van der Waals surface area contributed by atoms with E-state index in [4.69, 9.17) is 0 Å². The molecular formula is C10H10FN3O3S. The third-order valence-electron chi connectivity index (χ3n) is 2.45. The van der Waals surface area contributed by atoms with Crippen molar-refractivity contribution in [3.8, 4) is 0 Å². The lowest BCUT2D eigenvalue weighted by atomic mass is 10.2. The van der Waals surface area contributed by atoms with Crippen molar-refractivity contribution in [2.75, 3.05) is 16.9 Å². The number of carbonyl (C=O) groups is 1. The third-order valence-corrected chi connectivity index (χ3v) is 3.39. The Kier molecular flexibility index (Phi) is 3.78. The van der Waals surface area contributed by atoms with Crippen LogP contribution in [0.25, 0.3) is 0 Å². The molecule has 0 aliphatic carbocycles. The number of thioether (sulfide) groups is 1. The molecule has 2 N–H and O–H groups in total. The monoisotopic (exact) mass is 271 g/mol. The van der Waals surface area contributed by atoms with Crippen LogP contribution in [0.2, 0.25) is 0 Å².